The van der Waals surface area contributed by atoms with Crippen molar-refractivity contribution < 1.29 is 18.0 Å². The highest BCUT2D eigenvalue weighted by atomic mass is 35.5. The number of hydrogen-bond donors (Lipinski definition) is 1. The van der Waals surface area contributed by atoms with Crippen LogP contribution in [0.3, 0.4) is 0 Å². The molecule has 0 unspecified atom stereocenters. The molecule has 0 fully saturated rings. The van der Waals surface area contributed by atoms with Crippen LogP contribution in [-0.2, 0) is 26.2 Å². The quantitative estimate of drug-likeness (QED) is 0.373. The van der Waals surface area contributed by atoms with Gasteiger partial charge in [0.1, 0.15) is 6.04 Å². The van der Waals surface area contributed by atoms with Gasteiger partial charge in [0, 0.05) is 26.1 Å². The molecule has 1 atom stereocenters. The molecule has 2 aromatic rings. The lowest BCUT2D eigenvalue weighted by Crippen LogP contribution is -2.48. The number of nitrogens with one attached hydrogen (secondary N) is 1. The number of carbonyl (C=O) groups is 2. The average molecular weight is 571 g/mol. The summed E-state index contributed by atoms with van der Waals surface area (Å²) in [6.07, 6.45) is 1.52. The van der Waals surface area contributed by atoms with Crippen LogP contribution in [0.25, 0.3) is 0 Å². The van der Waals surface area contributed by atoms with E-state index in [1.54, 1.807) is 31.2 Å². The predicted octanol–water partition coefficient (Wildman–Crippen LogP) is 5.35. The Morgan fingerprint density at radius 3 is 2.30 bits per heavy atom. The first-order chi connectivity index (χ1) is 17.2. The summed E-state index contributed by atoms with van der Waals surface area (Å²) in [4.78, 5) is 27.7. The van der Waals surface area contributed by atoms with Crippen LogP contribution in [0, 0.1) is 19.8 Å². The molecule has 0 spiro atoms. The lowest BCUT2D eigenvalue weighted by atomic mass is 10.1. The van der Waals surface area contributed by atoms with Gasteiger partial charge < -0.3 is 10.2 Å². The standard InChI is InChI=1S/C27H37Cl2N3O4S/c1-18(2)16-30-27(34)21(5)31(17-22-12-13-23(28)24(29)15-22)26(33)11-8-14-32(37(6,35)36)25-10-7-9-19(3)20(25)4/h7,9-10,12-13,15,18,21H,8,11,14,16-17H2,1-6H3,(H,30,34)/t21-/m0/s1. The van der Waals surface area contributed by atoms with E-state index in [4.69, 9.17) is 23.2 Å². The van der Waals surface area contributed by atoms with Gasteiger partial charge in [-0.2, -0.15) is 0 Å². The minimum Gasteiger partial charge on any atom is -0.354 e. The molecule has 2 aromatic carbocycles. The van der Waals surface area contributed by atoms with Gasteiger partial charge in [0.2, 0.25) is 21.8 Å². The van der Waals surface area contributed by atoms with Gasteiger partial charge in [-0.25, -0.2) is 8.42 Å². The molecule has 0 aromatic heterocycles. The molecule has 0 bridgehead atoms. The maximum Gasteiger partial charge on any atom is 0.242 e. The van der Waals surface area contributed by atoms with Crippen LogP contribution in [0.4, 0.5) is 5.69 Å². The summed E-state index contributed by atoms with van der Waals surface area (Å²) >= 11 is 12.2. The van der Waals surface area contributed by atoms with E-state index in [2.05, 4.69) is 5.32 Å². The summed E-state index contributed by atoms with van der Waals surface area (Å²) in [6, 6.07) is 9.87. The summed E-state index contributed by atoms with van der Waals surface area (Å²) in [7, 11) is -3.56. The Balaban J connectivity index is 2.22. The molecule has 204 valence electrons. The van der Waals surface area contributed by atoms with E-state index in [1.807, 2.05) is 39.8 Å². The topological polar surface area (TPSA) is 86.8 Å². The largest absolute Gasteiger partial charge is 0.354 e. The predicted molar refractivity (Wildman–Crippen MR) is 152 cm³/mol. The molecule has 7 nitrogen and oxygen atoms in total. The van der Waals surface area contributed by atoms with Crippen LogP contribution in [0.5, 0.6) is 0 Å². The fourth-order valence-corrected chi connectivity index (χ4v) is 5.19. The van der Waals surface area contributed by atoms with Gasteiger partial charge in [-0.3, -0.25) is 13.9 Å². The van der Waals surface area contributed by atoms with E-state index in [9.17, 15) is 18.0 Å². The zero-order chi connectivity index (χ0) is 27.9. The number of halogens is 2. The second-order valence-electron chi connectivity index (χ2n) is 9.74. The van der Waals surface area contributed by atoms with Crippen molar-refractivity contribution in [1.29, 1.82) is 0 Å². The highest BCUT2D eigenvalue weighted by Crippen LogP contribution is 2.26. The molecule has 0 heterocycles. The number of rotatable bonds is 12. The first kappa shape index (κ1) is 30.9. The van der Waals surface area contributed by atoms with E-state index in [-0.39, 0.29) is 43.7 Å². The molecule has 0 saturated carbocycles. The Morgan fingerprint density at radius 2 is 1.70 bits per heavy atom. The van der Waals surface area contributed by atoms with Crippen molar-refractivity contribution in [3.63, 3.8) is 0 Å². The molecular formula is C27H37Cl2N3O4S. The fraction of sp³-hybridized carbons (Fsp3) is 0.481. The zero-order valence-corrected chi connectivity index (χ0v) is 24.7. The highest BCUT2D eigenvalue weighted by Gasteiger charge is 2.27. The number of carbonyl (C=O) groups excluding carboxylic acids is 2. The van der Waals surface area contributed by atoms with Crippen LogP contribution in [0.2, 0.25) is 10.0 Å². The molecule has 0 aliphatic heterocycles. The lowest BCUT2D eigenvalue weighted by Gasteiger charge is -2.30. The Bertz CT molecular complexity index is 1220. The minimum atomic E-state index is -3.56. The van der Waals surface area contributed by atoms with E-state index < -0.39 is 16.1 Å². The van der Waals surface area contributed by atoms with Crippen molar-refractivity contribution in [2.45, 2.75) is 60.0 Å². The molecule has 2 amide bonds. The summed E-state index contributed by atoms with van der Waals surface area (Å²) in [5.41, 5.74) is 3.19. The average Bonchev–Trinajstić information content (AvgIpc) is 2.81. The molecule has 0 aliphatic carbocycles. The third-order valence-corrected chi connectivity index (χ3v) is 8.10. The molecule has 0 saturated heterocycles. The van der Waals surface area contributed by atoms with Crippen LogP contribution in [-0.4, -0.2) is 50.5 Å². The number of anilines is 1. The maximum absolute atomic E-state index is 13.4. The second kappa shape index (κ2) is 13.5. The number of sulfonamides is 1. The summed E-state index contributed by atoms with van der Waals surface area (Å²) < 4.78 is 26.5. The third-order valence-electron chi connectivity index (χ3n) is 6.19. The van der Waals surface area contributed by atoms with E-state index >= 15 is 0 Å². The van der Waals surface area contributed by atoms with Gasteiger partial charge >= 0.3 is 0 Å². The highest BCUT2D eigenvalue weighted by molar-refractivity contribution is 7.92. The van der Waals surface area contributed by atoms with Crippen molar-refractivity contribution in [1.82, 2.24) is 10.2 Å². The van der Waals surface area contributed by atoms with Crippen molar-refractivity contribution in [2.75, 3.05) is 23.7 Å². The van der Waals surface area contributed by atoms with E-state index in [0.717, 1.165) is 22.9 Å². The second-order valence-corrected chi connectivity index (χ2v) is 12.5. The van der Waals surface area contributed by atoms with Crippen LogP contribution < -0.4 is 9.62 Å². The Labute approximate surface area is 231 Å². The van der Waals surface area contributed by atoms with E-state index in [0.29, 0.717) is 22.3 Å². The molecule has 2 rings (SSSR count). The molecule has 1 N–H and O–H groups in total. The molecule has 10 heteroatoms. The molecular weight excluding hydrogens is 533 g/mol. The van der Waals surface area contributed by atoms with Gasteiger partial charge in [-0.05, 0) is 68.0 Å². The summed E-state index contributed by atoms with van der Waals surface area (Å²) in [5.74, 6) is -0.245. The van der Waals surface area contributed by atoms with Crippen LogP contribution in [0.15, 0.2) is 36.4 Å². The summed E-state index contributed by atoms with van der Waals surface area (Å²) in [6.45, 7) is 10.3. The van der Waals surface area contributed by atoms with E-state index in [1.165, 1.54) is 9.21 Å². The molecule has 0 aliphatic rings. The smallest absolute Gasteiger partial charge is 0.242 e. The zero-order valence-electron chi connectivity index (χ0n) is 22.3. The Kier molecular flexibility index (Phi) is 11.3. The number of nitrogens with zero attached hydrogens (tertiary/aromatic N) is 2. The van der Waals surface area contributed by atoms with Crippen molar-refractivity contribution >= 4 is 50.7 Å². The van der Waals surface area contributed by atoms with Crippen molar-refractivity contribution in [3.05, 3.63) is 63.1 Å². The summed E-state index contributed by atoms with van der Waals surface area (Å²) in [5, 5.41) is 3.65. The Morgan fingerprint density at radius 1 is 1.03 bits per heavy atom. The van der Waals surface area contributed by atoms with Gasteiger partial charge in [-0.1, -0.05) is 55.2 Å². The van der Waals surface area contributed by atoms with Crippen LogP contribution in [0.1, 0.15) is 50.3 Å². The Hall–Kier alpha value is -2.29. The van der Waals surface area contributed by atoms with Gasteiger partial charge in [0.05, 0.1) is 22.0 Å². The molecule has 37 heavy (non-hydrogen) atoms. The number of amides is 2. The number of hydrogen-bond acceptors (Lipinski definition) is 4. The SMILES string of the molecule is Cc1cccc(N(CCCC(=O)N(Cc2ccc(Cl)c(Cl)c2)[C@@H](C)C(=O)NCC(C)C)S(C)(=O)=O)c1C. The van der Waals surface area contributed by atoms with Crippen LogP contribution >= 0.6 is 23.2 Å². The first-order valence-electron chi connectivity index (χ1n) is 12.3. The van der Waals surface area contributed by atoms with Gasteiger partial charge in [0.15, 0.2) is 0 Å². The van der Waals surface area contributed by atoms with Crippen molar-refractivity contribution in [2.24, 2.45) is 5.92 Å². The van der Waals surface area contributed by atoms with Gasteiger partial charge in [0.25, 0.3) is 0 Å². The lowest BCUT2D eigenvalue weighted by molar-refractivity contribution is -0.140. The monoisotopic (exact) mass is 569 g/mol. The third kappa shape index (κ3) is 8.90. The maximum atomic E-state index is 13.4. The van der Waals surface area contributed by atoms with Gasteiger partial charge in [-0.15, -0.1) is 0 Å². The molecule has 0 radical (unpaired) electrons. The number of benzene rings is 2. The fourth-order valence-electron chi connectivity index (χ4n) is 3.86. The first-order valence-corrected chi connectivity index (χ1v) is 14.9. The minimum absolute atomic E-state index is 0.0695. The van der Waals surface area contributed by atoms with Crippen molar-refractivity contribution in [3.8, 4) is 0 Å². The normalized spacial score (nSPS) is 12.4. The number of aryl methyl sites for hydroxylation is 1.